The Hall–Kier alpha value is -2.99. The molecule has 0 bridgehead atoms. The van der Waals surface area contributed by atoms with E-state index in [0.29, 0.717) is 10.0 Å². The summed E-state index contributed by atoms with van der Waals surface area (Å²) in [5.74, 6) is -2.50. The standard InChI is InChI=1S/C18H17BrN2O6/c1-3-25-18(24)15-9(2)27-17(21)12(7-20)16(15)11-6-10(19)4-5-13(11)26-8-14(22)23/h4-6,16H,3,8,21H2,1-2H3,(H,22,23). The maximum atomic E-state index is 12.5. The van der Waals surface area contributed by atoms with Crippen molar-refractivity contribution < 1.29 is 28.9 Å². The number of hydrogen-bond acceptors (Lipinski definition) is 7. The summed E-state index contributed by atoms with van der Waals surface area (Å²) in [5.41, 5.74) is 6.34. The second kappa shape index (κ2) is 8.60. The molecule has 8 nitrogen and oxygen atoms in total. The van der Waals surface area contributed by atoms with Gasteiger partial charge in [0.15, 0.2) is 6.61 Å². The molecule has 0 fully saturated rings. The van der Waals surface area contributed by atoms with E-state index in [-0.39, 0.29) is 35.1 Å². The maximum Gasteiger partial charge on any atom is 0.341 e. The van der Waals surface area contributed by atoms with Gasteiger partial charge in [0.25, 0.3) is 0 Å². The van der Waals surface area contributed by atoms with Crippen LogP contribution in [-0.4, -0.2) is 30.3 Å². The zero-order valence-corrected chi connectivity index (χ0v) is 16.2. The van der Waals surface area contributed by atoms with Gasteiger partial charge in [-0.1, -0.05) is 15.9 Å². The van der Waals surface area contributed by atoms with Gasteiger partial charge in [0.1, 0.15) is 23.2 Å². The predicted molar refractivity (Wildman–Crippen MR) is 97.3 cm³/mol. The van der Waals surface area contributed by atoms with Crippen molar-refractivity contribution in [3.8, 4) is 11.8 Å². The number of aliphatic carboxylic acids is 1. The molecule has 0 amide bonds. The highest BCUT2D eigenvalue weighted by atomic mass is 79.9. The maximum absolute atomic E-state index is 12.5. The number of esters is 1. The lowest BCUT2D eigenvalue weighted by Crippen LogP contribution is -2.26. The van der Waals surface area contributed by atoms with E-state index in [0.717, 1.165) is 0 Å². The Labute approximate surface area is 163 Å². The topological polar surface area (TPSA) is 132 Å². The number of nitriles is 1. The number of nitrogens with zero attached hydrogens (tertiary/aromatic N) is 1. The minimum atomic E-state index is -1.16. The molecule has 2 rings (SSSR count). The fourth-order valence-corrected chi connectivity index (χ4v) is 3.06. The average Bonchev–Trinajstić information content (AvgIpc) is 2.60. The molecule has 142 valence electrons. The summed E-state index contributed by atoms with van der Waals surface area (Å²) in [7, 11) is 0. The van der Waals surface area contributed by atoms with Crippen molar-refractivity contribution in [2.45, 2.75) is 19.8 Å². The van der Waals surface area contributed by atoms with E-state index in [1.54, 1.807) is 25.1 Å². The van der Waals surface area contributed by atoms with E-state index in [2.05, 4.69) is 15.9 Å². The van der Waals surface area contributed by atoms with Crippen molar-refractivity contribution >= 4 is 27.9 Å². The third kappa shape index (κ3) is 4.41. The van der Waals surface area contributed by atoms with Gasteiger partial charge in [-0.25, -0.2) is 9.59 Å². The molecule has 0 radical (unpaired) electrons. The van der Waals surface area contributed by atoms with Crippen LogP contribution >= 0.6 is 15.9 Å². The van der Waals surface area contributed by atoms with Crippen molar-refractivity contribution in [1.82, 2.24) is 0 Å². The van der Waals surface area contributed by atoms with Crippen LogP contribution in [0.15, 0.2) is 45.5 Å². The fraction of sp³-hybridized carbons (Fsp3) is 0.278. The van der Waals surface area contributed by atoms with E-state index in [9.17, 15) is 14.9 Å². The van der Waals surface area contributed by atoms with Crippen LogP contribution in [0.3, 0.4) is 0 Å². The number of carboxylic acid groups (broad SMARTS) is 1. The van der Waals surface area contributed by atoms with Crippen molar-refractivity contribution in [2.75, 3.05) is 13.2 Å². The third-order valence-corrected chi connectivity index (χ3v) is 4.23. The predicted octanol–water partition coefficient (Wildman–Crippen LogP) is 2.56. The SMILES string of the molecule is CCOC(=O)C1=C(C)OC(N)=C(C#N)C1c1cc(Br)ccc1OCC(=O)O. The molecule has 1 aromatic carbocycles. The van der Waals surface area contributed by atoms with Gasteiger partial charge in [0.2, 0.25) is 5.88 Å². The van der Waals surface area contributed by atoms with Crippen LogP contribution in [0.5, 0.6) is 5.75 Å². The Balaban J connectivity index is 2.67. The van der Waals surface area contributed by atoms with Gasteiger partial charge < -0.3 is 25.1 Å². The lowest BCUT2D eigenvalue weighted by Gasteiger charge is -2.28. The molecule has 0 aromatic heterocycles. The van der Waals surface area contributed by atoms with Gasteiger partial charge in [0, 0.05) is 10.0 Å². The van der Waals surface area contributed by atoms with Crippen LogP contribution in [0, 0.1) is 11.3 Å². The number of nitrogens with two attached hydrogens (primary N) is 1. The van der Waals surface area contributed by atoms with Crippen LogP contribution < -0.4 is 10.5 Å². The van der Waals surface area contributed by atoms with Gasteiger partial charge in [-0.3, -0.25) is 0 Å². The number of halogens is 1. The number of hydrogen-bond donors (Lipinski definition) is 2. The first kappa shape index (κ1) is 20.3. The van der Waals surface area contributed by atoms with Crippen molar-refractivity contribution in [2.24, 2.45) is 5.73 Å². The second-order valence-corrected chi connectivity index (χ2v) is 6.40. The molecule has 1 atom stereocenters. The Morgan fingerprint density at radius 3 is 2.74 bits per heavy atom. The molecule has 0 aliphatic carbocycles. The van der Waals surface area contributed by atoms with Gasteiger partial charge in [-0.05, 0) is 32.0 Å². The highest BCUT2D eigenvalue weighted by Gasteiger charge is 2.38. The minimum Gasteiger partial charge on any atom is -0.482 e. The highest BCUT2D eigenvalue weighted by molar-refractivity contribution is 9.10. The summed E-state index contributed by atoms with van der Waals surface area (Å²) in [6, 6.07) is 6.79. The summed E-state index contributed by atoms with van der Waals surface area (Å²) < 4.78 is 16.5. The number of carboxylic acids is 1. The summed E-state index contributed by atoms with van der Waals surface area (Å²) in [4.78, 5) is 23.4. The molecule has 0 spiro atoms. The molecule has 1 aliphatic heterocycles. The quantitative estimate of drug-likeness (QED) is 0.649. The Bertz CT molecular complexity index is 884. The van der Waals surface area contributed by atoms with Gasteiger partial charge >= 0.3 is 11.9 Å². The van der Waals surface area contributed by atoms with Crippen LogP contribution in [0.1, 0.15) is 25.3 Å². The summed E-state index contributed by atoms with van der Waals surface area (Å²) in [5, 5.41) is 18.5. The van der Waals surface area contributed by atoms with E-state index < -0.39 is 24.5 Å². The summed E-state index contributed by atoms with van der Waals surface area (Å²) in [6.45, 7) is 2.74. The van der Waals surface area contributed by atoms with Crippen LogP contribution in [0.4, 0.5) is 0 Å². The second-order valence-electron chi connectivity index (χ2n) is 5.48. The smallest absolute Gasteiger partial charge is 0.341 e. The normalized spacial score (nSPS) is 16.4. The van der Waals surface area contributed by atoms with E-state index in [1.165, 1.54) is 6.92 Å². The average molecular weight is 437 g/mol. The number of allylic oxidation sites excluding steroid dienone is 2. The third-order valence-electron chi connectivity index (χ3n) is 3.73. The Kier molecular flexibility index (Phi) is 6.47. The molecule has 0 saturated heterocycles. The minimum absolute atomic E-state index is 0.00179. The number of carbonyl (C=O) groups is 2. The lowest BCUT2D eigenvalue weighted by molar-refractivity contribution is -0.140. The van der Waals surface area contributed by atoms with Crippen molar-refractivity contribution in [3.63, 3.8) is 0 Å². The molecule has 3 N–H and O–H groups in total. The van der Waals surface area contributed by atoms with Crippen LogP contribution in [-0.2, 0) is 19.1 Å². The van der Waals surface area contributed by atoms with Gasteiger partial charge in [-0.15, -0.1) is 0 Å². The van der Waals surface area contributed by atoms with E-state index in [1.807, 2.05) is 6.07 Å². The molecule has 1 heterocycles. The van der Waals surface area contributed by atoms with E-state index >= 15 is 0 Å². The zero-order chi connectivity index (χ0) is 20.1. The van der Waals surface area contributed by atoms with Crippen LogP contribution in [0.2, 0.25) is 0 Å². The van der Waals surface area contributed by atoms with Gasteiger partial charge in [0.05, 0.1) is 18.1 Å². The first-order valence-corrected chi connectivity index (χ1v) is 8.68. The molecule has 9 heteroatoms. The number of carbonyl (C=O) groups excluding carboxylic acids is 1. The molecule has 1 unspecified atom stereocenters. The largest absolute Gasteiger partial charge is 0.482 e. The van der Waals surface area contributed by atoms with Crippen molar-refractivity contribution in [3.05, 3.63) is 51.0 Å². The van der Waals surface area contributed by atoms with Crippen molar-refractivity contribution in [1.29, 1.82) is 5.26 Å². The molecule has 27 heavy (non-hydrogen) atoms. The first-order chi connectivity index (χ1) is 12.8. The monoisotopic (exact) mass is 436 g/mol. The first-order valence-electron chi connectivity index (χ1n) is 7.89. The molecule has 1 aromatic rings. The van der Waals surface area contributed by atoms with Crippen LogP contribution in [0.25, 0.3) is 0 Å². The molecule has 0 saturated carbocycles. The fourth-order valence-electron chi connectivity index (χ4n) is 2.68. The Morgan fingerprint density at radius 2 is 2.15 bits per heavy atom. The molecular weight excluding hydrogens is 420 g/mol. The Morgan fingerprint density at radius 1 is 1.44 bits per heavy atom. The summed E-state index contributed by atoms with van der Waals surface area (Å²) in [6.07, 6.45) is 0. The molecular formula is C18H17BrN2O6. The highest BCUT2D eigenvalue weighted by Crippen LogP contribution is 2.43. The number of benzene rings is 1. The number of ether oxygens (including phenoxy) is 3. The summed E-state index contributed by atoms with van der Waals surface area (Å²) >= 11 is 3.34. The molecule has 1 aliphatic rings. The number of rotatable bonds is 6. The lowest BCUT2D eigenvalue weighted by atomic mass is 9.82. The zero-order valence-electron chi connectivity index (χ0n) is 14.6. The van der Waals surface area contributed by atoms with E-state index in [4.69, 9.17) is 25.1 Å². The van der Waals surface area contributed by atoms with Gasteiger partial charge in [-0.2, -0.15) is 5.26 Å².